The largest absolute Gasteiger partial charge is 0.344 e. The quantitative estimate of drug-likeness (QED) is 0.887. The molecular weight excluding hydrogens is 300 g/mol. The van der Waals surface area contributed by atoms with E-state index in [-0.39, 0.29) is 12.1 Å². The van der Waals surface area contributed by atoms with Crippen LogP contribution in [0.2, 0.25) is 0 Å². The van der Waals surface area contributed by atoms with Crippen molar-refractivity contribution in [3.8, 4) is 0 Å². The third-order valence-corrected chi connectivity index (χ3v) is 4.56. The van der Waals surface area contributed by atoms with E-state index >= 15 is 0 Å². The van der Waals surface area contributed by atoms with Crippen molar-refractivity contribution in [2.75, 3.05) is 31.1 Å². The predicted octanol–water partition coefficient (Wildman–Crippen LogP) is 2.67. The Morgan fingerprint density at radius 3 is 2.58 bits per heavy atom. The lowest BCUT2D eigenvalue weighted by Gasteiger charge is -2.39. The highest BCUT2D eigenvalue weighted by molar-refractivity contribution is 6.02. The van der Waals surface area contributed by atoms with Crippen molar-refractivity contribution in [1.29, 1.82) is 0 Å². The molecule has 1 atom stereocenters. The van der Waals surface area contributed by atoms with Gasteiger partial charge in [-0.05, 0) is 37.4 Å². The van der Waals surface area contributed by atoms with Gasteiger partial charge in [-0.1, -0.05) is 32.0 Å². The van der Waals surface area contributed by atoms with Gasteiger partial charge < -0.3 is 15.1 Å². The Morgan fingerprint density at radius 1 is 1.12 bits per heavy atom. The van der Waals surface area contributed by atoms with E-state index in [9.17, 15) is 4.79 Å². The summed E-state index contributed by atoms with van der Waals surface area (Å²) < 4.78 is 0. The summed E-state index contributed by atoms with van der Waals surface area (Å²) in [6.07, 6.45) is 1.54. The number of pyridine rings is 1. The molecule has 0 aliphatic carbocycles. The number of benzene rings is 1. The van der Waals surface area contributed by atoms with Crippen molar-refractivity contribution in [3.05, 3.63) is 59.9 Å². The molecular formula is C19H24N4O. The second-order valence-corrected chi connectivity index (χ2v) is 5.87. The number of carbonyl (C=O) groups is 1. The summed E-state index contributed by atoms with van der Waals surface area (Å²) >= 11 is 0. The summed E-state index contributed by atoms with van der Waals surface area (Å²) in [5.74, 6) is -0.0413. The van der Waals surface area contributed by atoms with Gasteiger partial charge in [-0.15, -0.1) is 0 Å². The Kier molecular flexibility index (Phi) is 5.11. The number of hydrogen-bond donors (Lipinski definition) is 1. The van der Waals surface area contributed by atoms with Gasteiger partial charge in [0.2, 0.25) is 0 Å². The SMILES string of the molecule is CCN(CC)CCN1c2ccccc2C(=O)NC1c1ccccn1. The molecule has 0 spiro atoms. The highest BCUT2D eigenvalue weighted by atomic mass is 16.2. The number of likely N-dealkylation sites (N-methyl/N-ethyl adjacent to an activating group) is 1. The third-order valence-electron chi connectivity index (χ3n) is 4.56. The zero-order valence-corrected chi connectivity index (χ0v) is 14.3. The number of nitrogens with zero attached hydrogens (tertiary/aromatic N) is 3. The fourth-order valence-electron chi connectivity index (χ4n) is 3.14. The third kappa shape index (κ3) is 3.26. The number of para-hydroxylation sites is 1. The maximum Gasteiger partial charge on any atom is 0.255 e. The van der Waals surface area contributed by atoms with Crippen molar-refractivity contribution in [2.45, 2.75) is 20.0 Å². The van der Waals surface area contributed by atoms with Crippen molar-refractivity contribution < 1.29 is 4.79 Å². The molecule has 5 heteroatoms. The molecule has 1 amide bonds. The Morgan fingerprint density at radius 2 is 1.88 bits per heavy atom. The van der Waals surface area contributed by atoms with Crippen LogP contribution in [0.15, 0.2) is 48.7 Å². The molecule has 126 valence electrons. The van der Waals surface area contributed by atoms with Gasteiger partial charge in [-0.2, -0.15) is 0 Å². The zero-order valence-electron chi connectivity index (χ0n) is 14.3. The van der Waals surface area contributed by atoms with Gasteiger partial charge in [-0.25, -0.2) is 0 Å². The first-order valence-corrected chi connectivity index (χ1v) is 8.54. The van der Waals surface area contributed by atoms with E-state index in [2.05, 4.69) is 33.9 Å². The highest BCUT2D eigenvalue weighted by Crippen LogP contribution is 2.31. The number of nitrogens with one attached hydrogen (secondary N) is 1. The van der Waals surface area contributed by atoms with Crippen LogP contribution in [0.4, 0.5) is 5.69 Å². The first kappa shape index (κ1) is 16.5. The van der Waals surface area contributed by atoms with E-state index in [4.69, 9.17) is 0 Å². The molecule has 0 fully saturated rings. The van der Waals surface area contributed by atoms with Crippen molar-refractivity contribution in [1.82, 2.24) is 15.2 Å². The fourth-order valence-corrected chi connectivity index (χ4v) is 3.14. The molecule has 3 rings (SSSR count). The molecule has 1 N–H and O–H groups in total. The van der Waals surface area contributed by atoms with Gasteiger partial charge in [0.1, 0.15) is 6.17 Å². The van der Waals surface area contributed by atoms with E-state index in [0.29, 0.717) is 0 Å². The molecule has 1 aliphatic rings. The monoisotopic (exact) mass is 324 g/mol. The molecule has 2 aromatic rings. The first-order valence-electron chi connectivity index (χ1n) is 8.54. The summed E-state index contributed by atoms with van der Waals surface area (Å²) in [7, 11) is 0. The minimum absolute atomic E-state index is 0.0413. The maximum absolute atomic E-state index is 12.5. The number of rotatable bonds is 6. The molecule has 0 bridgehead atoms. The Balaban J connectivity index is 1.94. The lowest BCUT2D eigenvalue weighted by molar-refractivity contribution is 0.0924. The molecule has 0 radical (unpaired) electrons. The number of hydrogen-bond acceptors (Lipinski definition) is 4. The van der Waals surface area contributed by atoms with E-state index in [1.807, 2.05) is 42.5 Å². The second kappa shape index (κ2) is 7.45. The van der Waals surface area contributed by atoms with Gasteiger partial charge >= 0.3 is 0 Å². The number of carbonyl (C=O) groups excluding carboxylic acids is 1. The first-order chi connectivity index (χ1) is 11.7. The lowest BCUT2D eigenvalue weighted by Crippen LogP contribution is -2.49. The second-order valence-electron chi connectivity index (χ2n) is 5.87. The van der Waals surface area contributed by atoms with Gasteiger partial charge in [0, 0.05) is 19.3 Å². The fraction of sp³-hybridized carbons (Fsp3) is 0.368. The minimum Gasteiger partial charge on any atom is -0.344 e. The zero-order chi connectivity index (χ0) is 16.9. The summed E-state index contributed by atoms with van der Waals surface area (Å²) in [5.41, 5.74) is 2.56. The topological polar surface area (TPSA) is 48.5 Å². The van der Waals surface area contributed by atoms with Gasteiger partial charge in [-0.3, -0.25) is 9.78 Å². The van der Waals surface area contributed by atoms with Gasteiger partial charge in [0.05, 0.1) is 16.9 Å². The normalized spacial score (nSPS) is 16.9. The molecule has 1 aromatic heterocycles. The van der Waals surface area contributed by atoms with E-state index in [1.165, 1.54) is 0 Å². The van der Waals surface area contributed by atoms with Gasteiger partial charge in [0.15, 0.2) is 0 Å². The van der Waals surface area contributed by atoms with Crippen LogP contribution >= 0.6 is 0 Å². The average molecular weight is 324 g/mol. The smallest absolute Gasteiger partial charge is 0.255 e. The standard InChI is InChI=1S/C19H24N4O/c1-3-22(4-2)13-14-23-17-11-6-5-9-15(17)19(24)21-18(23)16-10-7-8-12-20-16/h5-12,18H,3-4,13-14H2,1-2H3,(H,21,24). The molecule has 1 aliphatic heterocycles. The molecule has 1 unspecified atom stereocenters. The minimum atomic E-state index is -0.232. The number of amides is 1. The Hall–Kier alpha value is -2.40. The van der Waals surface area contributed by atoms with Crippen molar-refractivity contribution in [2.24, 2.45) is 0 Å². The molecule has 5 nitrogen and oxygen atoms in total. The van der Waals surface area contributed by atoms with E-state index in [1.54, 1.807) is 6.20 Å². The molecule has 0 saturated carbocycles. The van der Waals surface area contributed by atoms with Crippen LogP contribution in [0.3, 0.4) is 0 Å². The van der Waals surface area contributed by atoms with Crippen molar-refractivity contribution >= 4 is 11.6 Å². The van der Waals surface area contributed by atoms with Crippen LogP contribution in [0.1, 0.15) is 36.1 Å². The Labute approximate surface area is 143 Å². The highest BCUT2D eigenvalue weighted by Gasteiger charge is 2.32. The number of anilines is 1. The summed E-state index contributed by atoms with van der Waals surface area (Å²) in [6.45, 7) is 8.16. The van der Waals surface area contributed by atoms with E-state index in [0.717, 1.165) is 43.1 Å². The lowest BCUT2D eigenvalue weighted by atomic mass is 10.1. The molecule has 2 heterocycles. The van der Waals surface area contributed by atoms with Crippen LogP contribution in [-0.2, 0) is 0 Å². The number of fused-ring (bicyclic) bond motifs is 1. The van der Waals surface area contributed by atoms with Crippen LogP contribution in [0.25, 0.3) is 0 Å². The molecule has 1 aromatic carbocycles. The van der Waals surface area contributed by atoms with E-state index < -0.39 is 0 Å². The summed E-state index contributed by atoms with van der Waals surface area (Å²) in [4.78, 5) is 21.6. The average Bonchev–Trinajstić information content (AvgIpc) is 2.64. The predicted molar refractivity (Wildman–Crippen MR) is 96.0 cm³/mol. The van der Waals surface area contributed by atoms with Gasteiger partial charge in [0.25, 0.3) is 5.91 Å². The summed E-state index contributed by atoms with van der Waals surface area (Å²) in [6, 6.07) is 13.6. The van der Waals surface area contributed by atoms with Crippen molar-refractivity contribution in [3.63, 3.8) is 0 Å². The van der Waals surface area contributed by atoms with Crippen LogP contribution in [0, 0.1) is 0 Å². The van der Waals surface area contributed by atoms with Crippen LogP contribution < -0.4 is 10.2 Å². The molecule has 24 heavy (non-hydrogen) atoms. The van der Waals surface area contributed by atoms with Crippen LogP contribution in [-0.4, -0.2) is 42.0 Å². The molecule has 0 saturated heterocycles. The van der Waals surface area contributed by atoms with Crippen LogP contribution in [0.5, 0.6) is 0 Å². The summed E-state index contributed by atoms with van der Waals surface area (Å²) in [5, 5.41) is 3.10. The Bertz CT molecular complexity index is 685. The maximum atomic E-state index is 12.5. The number of aromatic nitrogens is 1.